The van der Waals surface area contributed by atoms with Crippen LogP contribution in [-0.2, 0) is 0 Å². The number of aliphatic hydroxyl groups excluding tert-OH is 1. The van der Waals surface area contributed by atoms with Crippen LogP contribution in [0.2, 0.25) is 0 Å². The summed E-state index contributed by atoms with van der Waals surface area (Å²) in [6.07, 6.45) is 11.7. The van der Waals surface area contributed by atoms with Crippen LogP contribution in [0.25, 0.3) is 0 Å². The molecule has 0 amide bonds. The van der Waals surface area contributed by atoms with Gasteiger partial charge in [-0.3, -0.25) is 0 Å². The first-order chi connectivity index (χ1) is 8.93. The average molecular weight is 268 g/mol. The Balaban J connectivity index is 2.77. The summed E-state index contributed by atoms with van der Waals surface area (Å²) in [6, 6.07) is 0. The van der Waals surface area contributed by atoms with Crippen LogP contribution in [0.5, 0.6) is 0 Å². The van der Waals surface area contributed by atoms with Crippen molar-refractivity contribution in [1.82, 2.24) is 0 Å². The Morgan fingerprint density at radius 1 is 0.895 bits per heavy atom. The van der Waals surface area contributed by atoms with Crippen molar-refractivity contribution < 1.29 is 9.68 Å². The van der Waals surface area contributed by atoms with Crippen LogP contribution in [0.4, 0.5) is 0 Å². The molecular formula is C17H34NO+. The fourth-order valence-electron chi connectivity index (χ4n) is 3.09. The van der Waals surface area contributed by atoms with Gasteiger partial charge >= 0.3 is 5.90 Å². The number of hydrogen-bond acceptors (Lipinski definition) is 0. The minimum Gasteiger partial charge on any atom is -0.463 e. The summed E-state index contributed by atoms with van der Waals surface area (Å²) in [5.74, 6) is 0.921. The van der Waals surface area contributed by atoms with E-state index >= 15 is 0 Å². The van der Waals surface area contributed by atoms with E-state index in [4.69, 9.17) is 0 Å². The van der Waals surface area contributed by atoms with Crippen molar-refractivity contribution in [3.8, 4) is 0 Å². The average Bonchev–Trinajstić information content (AvgIpc) is 2.33. The molecule has 2 nitrogen and oxygen atoms in total. The second-order valence-corrected chi connectivity index (χ2v) is 7.32. The van der Waals surface area contributed by atoms with Crippen molar-refractivity contribution in [3.63, 3.8) is 0 Å². The Labute approximate surface area is 119 Å². The highest BCUT2D eigenvalue weighted by Gasteiger charge is 2.34. The normalized spacial score (nSPS) is 29.2. The number of rotatable bonds is 0. The van der Waals surface area contributed by atoms with Crippen molar-refractivity contribution in [1.29, 1.82) is 0 Å². The molecule has 0 fully saturated rings. The molecule has 0 radical (unpaired) electrons. The van der Waals surface area contributed by atoms with Crippen molar-refractivity contribution in [2.75, 3.05) is 13.6 Å². The van der Waals surface area contributed by atoms with Gasteiger partial charge in [0.1, 0.15) is 13.6 Å². The fraction of sp³-hybridized carbons (Fsp3) is 0.941. The topological polar surface area (TPSA) is 23.2 Å². The molecule has 0 saturated carbocycles. The van der Waals surface area contributed by atoms with E-state index in [-0.39, 0.29) is 5.41 Å². The third kappa shape index (κ3) is 5.97. The van der Waals surface area contributed by atoms with Gasteiger partial charge in [0.15, 0.2) is 0 Å². The highest BCUT2D eigenvalue weighted by Crippen LogP contribution is 2.31. The van der Waals surface area contributed by atoms with Crippen LogP contribution in [0.15, 0.2) is 0 Å². The lowest BCUT2D eigenvalue weighted by Crippen LogP contribution is -2.34. The molecular weight excluding hydrogens is 234 g/mol. The van der Waals surface area contributed by atoms with Crippen LogP contribution >= 0.6 is 0 Å². The molecule has 1 N–H and O–H groups in total. The third-order valence-corrected chi connectivity index (χ3v) is 4.48. The van der Waals surface area contributed by atoms with Gasteiger partial charge in [0.05, 0.1) is 5.92 Å². The predicted octanol–water partition coefficient (Wildman–Crippen LogP) is 4.77. The smallest absolute Gasteiger partial charge is 0.337 e. The Morgan fingerprint density at radius 3 is 1.89 bits per heavy atom. The quantitative estimate of drug-likeness (QED) is 0.628. The molecule has 112 valence electrons. The van der Waals surface area contributed by atoms with Gasteiger partial charge in [-0.05, 0) is 18.3 Å². The summed E-state index contributed by atoms with van der Waals surface area (Å²) in [6.45, 7) is 7.75. The summed E-state index contributed by atoms with van der Waals surface area (Å²) in [5, 5.41) is 10.6. The Hall–Kier alpha value is -0.530. The van der Waals surface area contributed by atoms with Crippen LogP contribution in [0.1, 0.15) is 78.6 Å². The molecule has 1 rings (SSSR count). The van der Waals surface area contributed by atoms with Crippen LogP contribution in [0, 0.1) is 11.3 Å². The Bertz CT molecular complexity index is 288. The van der Waals surface area contributed by atoms with Gasteiger partial charge < -0.3 is 5.11 Å². The lowest BCUT2D eigenvalue weighted by Gasteiger charge is -2.27. The standard InChI is InChI=1S/C17H33NO/c1-17(2,3)15-13-11-9-7-5-6-8-10-12-14-18(4)16(15)19/h15H,5-14H2,1-4H3/p+1. The van der Waals surface area contributed by atoms with E-state index in [0.29, 0.717) is 11.8 Å². The van der Waals surface area contributed by atoms with Crippen LogP contribution < -0.4 is 0 Å². The van der Waals surface area contributed by atoms with Gasteiger partial charge in [-0.2, -0.15) is 0 Å². The fourth-order valence-corrected chi connectivity index (χ4v) is 3.09. The van der Waals surface area contributed by atoms with Gasteiger partial charge in [-0.25, -0.2) is 4.58 Å². The highest BCUT2D eigenvalue weighted by atomic mass is 16.3. The zero-order chi connectivity index (χ0) is 14.3. The third-order valence-electron chi connectivity index (χ3n) is 4.48. The zero-order valence-corrected chi connectivity index (χ0v) is 13.5. The first kappa shape index (κ1) is 16.5. The second kappa shape index (κ2) is 7.91. The zero-order valence-electron chi connectivity index (χ0n) is 13.5. The van der Waals surface area contributed by atoms with Crippen molar-refractivity contribution >= 4 is 5.90 Å². The van der Waals surface area contributed by atoms with E-state index in [1.165, 1.54) is 51.4 Å². The second-order valence-electron chi connectivity index (χ2n) is 7.32. The molecule has 1 atom stereocenters. The van der Waals surface area contributed by atoms with E-state index in [0.717, 1.165) is 13.0 Å². The molecule has 1 unspecified atom stereocenters. The van der Waals surface area contributed by atoms with Crippen LogP contribution in [-0.4, -0.2) is 29.2 Å². The molecule has 0 bridgehead atoms. The predicted molar refractivity (Wildman–Crippen MR) is 83.2 cm³/mol. The molecule has 0 spiro atoms. The van der Waals surface area contributed by atoms with E-state index in [2.05, 4.69) is 25.3 Å². The summed E-state index contributed by atoms with van der Waals surface area (Å²) in [7, 11) is 2.05. The first-order valence-corrected chi connectivity index (χ1v) is 8.20. The number of hydrogen-bond donors (Lipinski definition) is 1. The largest absolute Gasteiger partial charge is 0.463 e. The molecule has 0 aromatic heterocycles. The monoisotopic (exact) mass is 268 g/mol. The maximum atomic E-state index is 10.6. The number of nitrogens with zero attached hydrogens (tertiary/aromatic N) is 1. The summed E-state index contributed by atoms with van der Waals surface area (Å²) in [4.78, 5) is 0. The Morgan fingerprint density at radius 2 is 1.37 bits per heavy atom. The minimum absolute atomic E-state index is 0.151. The lowest BCUT2D eigenvalue weighted by molar-refractivity contribution is -0.509. The summed E-state index contributed by atoms with van der Waals surface area (Å²) in [5.41, 5.74) is 0.151. The van der Waals surface area contributed by atoms with Crippen LogP contribution in [0.3, 0.4) is 0 Å². The molecule has 0 aromatic rings. The SMILES string of the molecule is C/[N+]1=C(\O)C(C(C)(C)C)CCCCCCCCCC1. The van der Waals surface area contributed by atoms with Crippen molar-refractivity contribution in [3.05, 3.63) is 0 Å². The number of aliphatic hydroxyl groups is 1. The van der Waals surface area contributed by atoms with E-state index in [1.807, 2.05) is 7.05 Å². The summed E-state index contributed by atoms with van der Waals surface area (Å²) >= 11 is 0. The van der Waals surface area contributed by atoms with E-state index in [1.54, 1.807) is 0 Å². The van der Waals surface area contributed by atoms with Gasteiger partial charge in [0.2, 0.25) is 0 Å². The van der Waals surface area contributed by atoms with Gasteiger partial charge in [0.25, 0.3) is 0 Å². The molecule has 2 heteroatoms. The lowest BCUT2D eigenvalue weighted by atomic mass is 9.77. The maximum absolute atomic E-state index is 10.6. The minimum atomic E-state index is 0.151. The first-order valence-electron chi connectivity index (χ1n) is 8.20. The Kier molecular flexibility index (Phi) is 6.88. The molecule has 1 aliphatic heterocycles. The van der Waals surface area contributed by atoms with E-state index in [9.17, 15) is 5.11 Å². The van der Waals surface area contributed by atoms with Crippen molar-refractivity contribution in [2.45, 2.75) is 78.6 Å². The molecule has 0 aliphatic carbocycles. The van der Waals surface area contributed by atoms with Crippen molar-refractivity contribution in [2.24, 2.45) is 11.3 Å². The van der Waals surface area contributed by atoms with E-state index < -0.39 is 0 Å². The highest BCUT2D eigenvalue weighted by molar-refractivity contribution is 5.72. The van der Waals surface area contributed by atoms with Gasteiger partial charge in [-0.15, -0.1) is 0 Å². The molecule has 1 aliphatic rings. The maximum Gasteiger partial charge on any atom is 0.337 e. The molecule has 0 aromatic carbocycles. The molecule has 19 heavy (non-hydrogen) atoms. The molecule has 1 heterocycles. The van der Waals surface area contributed by atoms with Gasteiger partial charge in [0, 0.05) is 6.42 Å². The summed E-state index contributed by atoms with van der Waals surface area (Å²) < 4.78 is 2.09. The van der Waals surface area contributed by atoms with Gasteiger partial charge in [-0.1, -0.05) is 59.3 Å². The molecule has 0 saturated heterocycles.